The monoisotopic (exact) mass is 280 g/mol. The van der Waals surface area contributed by atoms with Gasteiger partial charge in [0.2, 0.25) is 0 Å². The van der Waals surface area contributed by atoms with E-state index in [9.17, 15) is 14.9 Å². The van der Waals surface area contributed by atoms with Crippen molar-refractivity contribution in [1.29, 1.82) is 0 Å². The third-order valence-corrected chi connectivity index (χ3v) is 3.59. The van der Waals surface area contributed by atoms with E-state index in [0.29, 0.717) is 5.69 Å². The fourth-order valence-electron chi connectivity index (χ4n) is 2.38. The smallest absolute Gasteiger partial charge is 0.287 e. The lowest BCUT2D eigenvalue weighted by Crippen LogP contribution is -2.34. The number of nitrogens with zero attached hydrogens (tertiary/aromatic N) is 3. The van der Waals surface area contributed by atoms with Crippen LogP contribution in [0.1, 0.15) is 23.3 Å². The lowest BCUT2D eigenvalue weighted by Gasteiger charge is -2.20. The van der Waals surface area contributed by atoms with E-state index in [1.54, 1.807) is 0 Å². The van der Waals surface area contributed by atoms with Crippen molar-refractivity contribution in [2.45, 2.75) is 12.8 Å². The minimum absolute atomic E-state index is 0.0759. The standard InChI is InChI=1S/C13H20N4O3/c1-15(6-7-16-4-2-3-5-16)10-13(18)12-8-11(9-14-12)17(19)20/h8-9,14H,2-7,10H2,1H3. The predicted octanol–water partition coefficient (Wildman–Crippen LogP) is 1.13. The lowest BCUT2D eigenvalue weighted by atomic mass is 10.2. The van der Waals surface area contributed by atoms with Gasteiger partial charge in [-0.15, -0.1) is 0 Å². The lowest BCUT2D eigenvalue weighted by molar-refractivity contribution is -0.384. The normalized spacial score (nSPS) is 15.9. The van der Waals surface area contributed by atoms with Crippen molar-refractivity contribution in [3.63, 3.8) is 0 Å². The van der Waals surface area contributed by atoms with Crippen LogP contribution in [-0.2, 0) is 0 Å². The molecular weight excluding hydrogens is 260 g/mol. The summed E-state index contributed by atoms with van der Waals surface area (Å²) in [6, 6.07) is 1.29. The average molecular weight is 280 g/mol. The second-order valence-electron chi connectivity index (χ2n) is 5.24. The summed E-state index contributed by atoms with van der Waals surface area (Å²) in [5.74, 6) is -0.123. The van der Waals surface area contributed by atoms with Gasteiger partial charge in [0.15, 0.2) is 5.78 Å². The molecule has 20 heavy (non-hydrogen) atoms. The van der Waals surface area contributed by atoms with Crippen LogP contribution in [-0.4, -0.2) is 65.3 Å². The van der Waals surface area contributed by atoms with Crippen LogP contribution in [0.15, 0.2) is 12.3 Å². The molecule has 1 aromatic heterocycles. The van der Waals surface area contributed by atoms with Gasteiger partial charge in [-0.1, -0.05) is 0 Å². The second kappa shape index (κ2) is 6.62. The van der Waals surface area contributed by atoms with E-state index in [4.69, 9.17) is 0 Å². The summed E-state index contributed by atoms with van der Waals surface area (Å²) < 4.78 is 0. The topological polar surface area (TPSA) is 82.5 Å². The number of Topliss-reactive ketones (excluding diaryl/α,β-unsaturated/α-hetero) is 1. The molecule has 0 unspecified atom stereocenters. The van der Waals surface area contributed by atoms with Crippen molar-refractivity contribution >= 4 is 11.5 Å². The number of carbonyl (C=O) groups excluding carboxylic acids is 1. The summed E-state index contributed by atoms with van der Waals surface area (Å²) in [7, 11) is 1.89. The number of nitro groups is 1. The fraction of sp³-hybridized carbons (Fsp3) is 0.615. The highest BCUT2D eigenvalue weighted by atomic mass is 16.6. The molecule has 7 nitrogen and oxygen atoms in total. The molecular formula is C13H20N4O3. The highest BCUT2D eigenvalue weighted by Gasteiger charge is 2.17. The van der Waals surface area contributed by atoms with E-state index in [1.807, 2.05) is 11.9 Å². The molecule has 1 saturated heterocycles. The second-order valence-corrected chi connectivity index (χ2v) is 5.24. The molecule has 0 aliphatic carbocycles. The molecule has 0 aromatic carbocycles. The van der Waals surface area contributed by atoms with Crippen LogP contribution in [0.5, 0.6) is 0 Å². The van der Waals surface area contributed by atoms with Crippen molar-refractivity contribution in [3.05, 3.63) is 28.1 Å². The first-order valence-corrected chi connectivity index (χ1v) is 6.83. The molecule has 1 aromatic rings. The summed E-state index contributed by atoms with van der Waals surface area (Å²) in [5.41, 5.74) is 0.220. The van der Waals surface area contributed by atoms with Crippen LogP contribution >= 0.6 is 0 Å². The number of hydrogen-bond donors (Lipinski definition) is 1. The highest BCUT2D eigenvalue weighted by Crippen LogP contribution is 2.13. The first kappa shape index (κ1) is 14.7. The van der Waals surface area contributed by atoms with Gasteiger partial charge in [0.05, 0.1) is 23.4 Å². The maximum absolute atomic E-state index is 12.0. The van der Waals surface area contributed by atoms with E-state index in [0.717, 1.165) is 26.2 Å². The third kappa shape index (κ3) is 3.88. The Hall–Kier alpha value is -1.73. The zero-order valence-electron chi connectivity index (χ0n) is 11.7. The van der Waals surface area contributed by atoms with Crippen LogP contribution < -0.4 is 0 Å². The van der Waals surface area contributed by atoms with Crippen molar-refractivity contribution < 1.29 is 9.72 Å². The minimum atomic E-state index is -0.510. The number of aromatic nitrogens is 1. The molecule has 7 heteroatoms. The van der Waals surface area contributed by atoms with Gasteiger partial charge in [-0.3, -0.25) is 19.8 Å². The number of hydrogen-bond acceptors (Lipinski definition) is 5. The van der Waals surface area contributed by atoms with Gasteiger partial charge in [-0.05, 0) is 33.0 Å². The Labute approximate surface area is 117 Å². The molecule has 1 aliphatic rings. The Balaban J connectivity index is 1.78. The molecule has 2 rings (SSSR count). The zero-order chi connectivity index (χ0) is 14.5. The molecule has 1 aliphatic heterocycles. The summed E-state index contributed by atoms with van der Waals surface area (Å²) in [4.78, 5) is 29.0. The van der Waals surface area contributed by atoms with E-state index in [1.165, 1.54) is 25.1 Å². The summed E-state index contributed by atoms with van der Waals surface area (Å²) in [5, 5.41) is 10.6. The van der Waals surface area contributed by atoms with Gasteiger partial charge >= 0.3 is 0 Å². The Morgan fingerprint density at radius 2 is 2.20 bits per heavy atom. The summed E-state index contributed by atoms with van der Waals surface area (Å²) >= 11 is 0. The number of aromatic amines is 1. The number of nitrogens with one attached hydrogen (secondary N) is 1. The summed E-state index contributed by atoms with van der Waals surface area (Å²) in [6.07, 6.45) is 3.76. The minimum Gasteiger partial charge on any atom is -0.353 e. The van der Waals surface area contributed by atoms with E-state index >= 15 is 0 Å². The molecule has 0 atom stereocenters. The molecule has 0 amide bonds. The summed E-state index contributed by atoms with van der Waals surface area (Å²) in [6.45, 7) is 4.35. The Kier molecular flexibility index (Phi) is 4.86. The van der Waals surface area contributed by atoms with Gasteiger partial charge in [-0.2, -0.15) is 0 Å². The van der Waals surface area contributed by atoms with Gasteiger partial charge < -0.3 is 9.88 Å². The number of rotatable bonds is 7. The highest BCUT2D eigenvalue weighted by molar-refractivity contribution is 5.96. The number of H-pyrrole nitrogens is 1. The number of carbonyl (C=O) groups is 1. The van der Waals surface area contributed by atoms with E-state index in [-0.39, 0.29) is 18.0 Å². The first-order chi connectivity index (χ1) is 9.56. The maximum Gasteiger partial charge on any atom is 0.287 e. The maximum atomic E-state index is 12.0. The molecule has 0 radical (unpaired) electrons. The van der Waals surface area contributed by atoms with Crippen molar-refractivity contribution in [3.8, 4) is 0 Å². The van der Waals surface area contributed by atoms with Gasteiger partial charge in [0.25, 0.3) is 5.69 Å². The molecule has 0 spiro atoms. The zero-order valence-corrected chi connectivity index (χ0v) is 11.7. The molecule has 110 valence electrons. The Bertz CT molecular complexity index is 480. The SMILES string of the molecule is CN(CCN1CCCC1)CC(=O)c1cc([N+](=O)[O-])c[nH]1. The quantitative estimate of drug-likeness (QED) is 0.460. The van der Waals surface area contributed by atoms with E-state index in [2.05, 4.69) is 9.88 Å². The molecule has 0 saturated carbocycles. The largest absolute Gasteiger partial charge is 0.353 e. The van der Waals surface area contributed by atoms with Crippen LogP contribution in [0, 0.1) is 10.1 Å². The average Bonchev–Trinajstić information content (AvgIpc) is 3.07. The Morgan fingerprint density at radius 1 is 1.50 bits per heavy atom. The van der Waals surface area contributed by atoms with Gasteiger partial charge in [0, 0.05) is 19.2 Å². The predicted molar refractivity (Wildman–Crippen MR) is 74.9 cm³/mol. The van der Waals surface area contributed by atoms with Gasteiger partial charge in [0.1, 0.15) is 0 Å². The first-order valence-electron chi connectivity index (χ1n) is 6.83. The number of likely N-dealkylation sites (N-methyl/N-ethyl adjacent to an activating group) is 1. The third-order valence-electron chi connectivity index (χ3n) is 3.59. The Morgan fingerprint density at radius 3 is 2.80 bits per heavy atom. The van der Waals surface area contributed by atoms with E-state index < -0.39 is 4.92 Å². The van der Waals surface area contributed by atoms with Crippen molar-refractivity contribution in [2.75, 3.05) is 39.8 Å². The van der Waals surface area contributed by atoms with Crippen LogP contribution in [0.2, 0.25) is 0 Å². The van der Waals surface area contributed by atoms with Crippen LogP contribution in [0.3, 0.4) is 0 Å². The fourth-order valence-corrected chi connectivity index (χ4v) is 2.38. The van der Waals surface area contributed by atoms with Crippen LogP contribution in [0.4, 0.5) is 5.69 Å². The molecule has 2 heterocycles. The van der Waals surface area contributed by atoms with Gasteiger partial charge in [-0.25, -0.2) is 0 Å². The molecule has 0 bridgehead atoms. The number of ketones is 1. The van der Waals surface area contributed by atoms with Crippen molar-refractivity contribution in [1.82, 2.24) is 14.8 Å². The molecule has 1 N–H and O–H groups in total. The molecule has 1 fully saturated rings. The van der Waals surface area contributed by atoms with Crippen molar-refractivity contribution in [2.24, 2.45) is 0 Å². The number of likely N-dealkylation sites (tertiary alicyclic amines) is 1. The van der Waals surface area contributed by atoms with Crippen LogP contribution in [0.25, 0.3) is 0 Å².